The summed E-state index contributed by atoms with van der Waals surface area (Å²) >= 11 is 0. The zero-order chi connectivity index (χ0) is 27.6. The number of benzene rings is 4. The first-order chi connectivity index (χ1) is 19.7. The fourth-order valence-corrected chi connectivity index (χ4v) is 5.29. The monoisotopic (exact) mass is 521 g/mol. The molecule has 0 spiro atoms. The number of aromatic nitrogens is 1. The minimum Gasteiger partial charge on any atom is -0.248 e. The number of hydrogen-bond acceptors (Lipinski definition) is 1. The van der Waals surface area contributed by atoms with Crippen LogP contribution in [0.4, 0.5) is 0 Å². The quantitative estimate of drug-likeness (QED) is 0.124. The molecule has 200 valence electrons. The topological polar surface area (TPSA) is 12.9 Å². The number of nitrogens with zero attached hydrogens (tertiary/aromatic N) is 1. The van der Waals surface area contributed by atoms with E-state index in [1.807, 2.05) is 6.92 Å². The van der Waals surface area contributed by atoms with E-state index in [0.717, 1.165) is 23.2 Å². The molecule has 5 rings (SSSR count). The lowest BCUT2D eigenvalue weighted by atomic mass is 9.97. The first-order valence-corrected chi connectivity index (χ1v) is 14.6. The highest BCUT2D eigenvalue weighted by Crippen LogP contribution is 2.28. The summed E-state index contributed by atoms with van der Waals surface area (Å²) in [5.41, 5.74) is 11.1. The molecule has 40 heavy (non-hydrogen) atoms. The van der Waals surface area contributed by atoms with E-state index in [1.54, 1.807) is 0 Å². The van der Waals surface area contributed by atoms with Gasteiger partial charge >= 0.3 is 0 Å². The second-order valence-corrected chi connectivity index (χ2v) is 10.7. The number of fused-ring (bicyclic) bond motifs is 1. The van der Waals surface area contributed by atoms with E-state index in [4.69, 9.17) is 4.98 Å². The van der Waals surface area contributed by atoms with Crippen molar-refractivity contribution in [2.75, 3.05) is 0 Å². The van der Waals surface area contributed by atoms with E-state index in [-0.39, 0.29) is 0 Å². The van der Waals surface area contributed by atoms with Gasteiger partial charge in [-0.05, 0) is 97.2 Å². The molecule has 0 N–H and O–H groups in total. The molecule has 0 aliphatic carbocycles. The SMILES string of the molecule is C/C=C\C=C(/C)c1ccc2nc(-c3cccc(-c4cccc(CCCCCCc5ccccc5)c4)c3)ccc2c1. The van der Waals surface area contributed by atoms with Gasteiger partial charge in [0.15, 0.2) is 0 Å². The van der Waals surface area contributed by atoms with Crippen molar-refractivity contribution in [2.45, 2.75) is 52.4 Å². The predicted octanol–water partition coefficient (Wildman–Crippen LogP) is 10.9. The molecular formula is C39H39N. The maximum absolute atomic E-state index is 5.01. The van der Waals surface area contributed by atoms with Crippen LogP contribution in [-0.2, 0) is 12.8 Å². The van der Waals surface area contributed by atoms with E-state index in [1.165, 1.54) is 70.9 Å². The van der Waals surface area contributed by atoms with Crippen LogP contribution in [0.2, 0.25) is 0 Å². The van der Waals surface area contributed by atoms with Crippen molar-refractivity contribution in [3.8, 4) is 22.4 Å². The minimum atomic E-state index is 1.01. The molecule has 0 fully saturated rings. The van der Waals surface area contributed by atoms with Gasteiger partial charge in [0.2, 0.25) is 0 Å². The van der Waals surface area contributed by atoms with Gasteiger partial charge in [-0.15, -0.1) is 0 Å². The lowest BCUT2D eigenvalue weighted by Crippen LogP contribution is -1.90. The van der Waals surface area contributed by atoms with Crippen LogP contribution in [0.1, 0.15) is 56.2 Å². The second-order valence-electron chi connectivity index (χ2n) is 10.7. The molecule has 0 aliphatic rings. The molecule has 1 nitrogen and oxygen atoms in total. The van der Waals surface area contributed by atoms with Gasteiger partial charge < -0.3 is 0 Å². The lowest BCUT2D eigenvalue weighted by molar-refractivity contribution is 0.640. The summed E-state index contributed by atoms with van der Waals surface area (Å²) < 4.78 is 0. The summed E-state index contributed by atoms with van der Waals surface area (Å²) in [6, 6.07) is 39.5. The van der Waals surface area contributed by atoms with Gasteiger partial charge in [0.05, 0.1) is 11.2 Å². The van der Waals surface area contributed by atoms with Crippen LogP contribution in [0.5, 0.6) is 0 Å². The van der Waals surface area contributed by atoms with Crippen molar-refractivity contribution in [3.05, 3.63) is 144 Å². The van der Waals surface area contributed by atoms with Crippen molar-refractivity contribution in [2.24, 2.45) is 0 Å². The number of rotatable bonds is 11. The largest absolute Gasteiger partial charge is 0.248 e. The lowest BCUT2D eigenvalue weighted by Gasteiger charge is -2.09. The van der Waals surface area contributed by atoms with Crippen molar-refractivity contribution < 1.29 is 0 Å². The van der Waals surface area contributed by atoms with Crippen LogP contribution in [0.3, 0.4) is 0 Å². The smallest absolute Gasteiger partial charge is 0.0709 e. The Morgan fingerprint density at radius 3 is 2.12 bits per heavy atom. The highest BCUT2D eigenvalue weighted by Gasteiger charge is 2.07. The Hall–Kier alpha value is -4.23. The van der Waals surface area contributed by atoms with Gasteiger partial charge in [0, 0.05) is 10.9 Å². The maximum Gasteiger partial charge on any atom is 0.0709 e. The third-order valence-electron chi connectivity index (χ3n) is 7.63. The molecule has 1 heterocycles. The van der Waals surface area contributed by atoms with E-state index < -0.39 is 0 Å². The van der Waals surface area contributed by atoms with E-state index in [2.05, 4.69) is 134 Å². The molecule has 5 aromatic rings. The number of pyridine rings is 1. The number of unbranched alkanes of at least 4 members (excludes halogenated alkanes) is 3. The normalized spacial score (nSPS) is 11.9. The number of hydrogen-bond donors (Lipinski definition) is 0. The third kappa shape index (κ3) is 7.24. The van der Waals surface area contributed by atoms with Gasteiger partial charge in [0.25, 0.3) is 0 Å². The highest BCUT2D eigenvalue weighted by atomic mass is 14.7. The average Bonchev–Trinajstić information content (AvgIpc) is 3.01. The number of aryl methyl sites for hydroxylation is 2. The molecule has 0 saturated heterocycles. The Balaban J connectivity index is 1.23. The molecule has 0 atom stereocenters. The minimum absolute atomic E-state index is 1.01. The average molecular weight is 522 g/mol. The van der Waals surface area contributed by atoms with Gasteiger partial charge in [-0.3, -0.25) is 0 Å². The van der Waals surface area contributed by atoms with Gasteiger partial charge in [-0.25, -0.2) is 4.98 Å². The zero-order valence-electron chi connectivity index (χ0n) is 23.8. The molecule has 0 radical (unpaired) electrons. The zero-order valence-corrected chi connectivity index (χ0v) is 23.8. The molecule has 0 aliphatic heterocycles. The van der Waals surface area contributed by atoms with Crippen molar-refractivity contribution in [1.82, 2.24) is 4.98 Å². The summed E-state index contributed by atoms with van der Waals surface area (Å²) in [6.45, 7) is 4.19. The van der Waals surface area contributed by atoms with E-state index >= 15 is 0 Å². The summed E-state index contributed by atoms with van der Waals surface area (Å²) in [6.07, 6.45) is 13.7. The van der Waals surface area contributed by atoms with Crippen LogP contribution < -0.4 is 0 Å². The van der Waals surface area contributed by atoms with Crippen molar-refractivity contribution >= 4 is 16.5 Å². The molecule has 0 unspecified atom stereocenters. The summed E-state index contributed by atoms with van der Waals surface area (Å²) in [7, 11) is 0. The number of allylic oxidation sites excluding steroid dienone is 4. The maximum atomic E-state index is 5.01. The predicted molar refractivity (Wildman–Crippen MR) is 173 cm³/mol. The molecule has 4 aromatic carbocycles. The molecule has 0 saturated carbocycles. The van der Waals surface area contributed by atoms with Gasteiger partial charge in [-0.2, -0.15) is 0 Å². The van der Waals surface area contributed by atoms with E-state index in [9.17, 15) is 0 Å². The highest BCUT2D eigenvalue weighted by molar-refractivity contribution is 5.86. The van der Waals surface area contributed by atoms with Gasteiger partial charge in [-0.1, -0.05) is 116 Å². The van der Waals surface area contributed by atoms with Crippen LogP contribution in [-0.4, -0.2) is 4.98 Å². The van der Waals surface area contributed by atoms with Gasteiger partial charge in [0.1, 0.15) is 0 Å². The molecule has 0 amide bonds. The Morgan fingerprint density at radius 2 is 1.32 bits per heavy atom. The third-order valence-corrected chi connectivity index (χ3v) is 7.63. The summed E-state index contributed by atoms with van der Waals surface area (Å²) in [4.78, 5) is 5.01. The molecule has 1 heteroatoms. The molecular weight excluding hydrogens is 482 g/mol. The second kappa shape index (κ2) is 13.7. The summed E-state index contributed by atoms with van der Waals surface area (Å²) in [5, 5.41) is 1.17. The Kier molecular flexibility index (Phi) is 9.37. The van der Waals surface area contributed by atoms with Crippen LogP contribution >= 0.6 is 0 Å². The Labute approximate surface area is 240 Å². The molecule has 0 bridgehead atoms. The van der Waals surface area contributed by atoms with Crippen LogP contribution in [0.15, 0.2) is 127 Å². The van der Waals surface area contributed by atoms with Crippen molar-refractivity contribution in [3.63, 3.8) is 0 Å². The first kappa shape index (κ1) is 27.3. The first-order valence-electron chi connectivity index (χ1n) is 14.6. The van der Waals surface area contributed by atoms with Crippen LogP contribution in [0, 0.1) is 0 Å². The Morgan fingerprint density at radius 1 is 0.625 bits per heavy atom. The van der Waals surface area contributed by atoms with E-state index in [0.29, 0.717) is 0 Å². The standard InChI is InChI=1S/C39H39N/c1-3-4-14-30(2)33-23-25-39-37(28-33)24-26-38(40-39)36-22-13-21-35(29-36)34-20-12-19-32(27-34)18-9-6-5-8-15-31-16-10-7-11-17-31/h3-4,7,10-14,16-17,19-29H,5-6,8-9,15,18H2,1-2H3/b4-3-,30-14+. The van der Waals surface area contributed by atoms with Crippen LogP contribution in [0.25, 0.3) is 38.9 Å². The fourth-order valence-electron chi connectivity index (χ4n) is 5.29. The Bertz CT molecular complexity index is 1610. The van der Waals surface area contributed by atoms with Crippen molar-refractivity contribution in [1.29, 1.82) is 0 Å². The summed E-state index contributed by atoms with van der Waals surface area (Å²) in [5.74, 6) is 0. The fraction of sp³-hybridized carbons (Fsp3) is 0.205. The molecule has 1 aromatic heterocycles.